The summed E-state index contributed by atoms with van der Waals surface area (Å²) in [4.78, 5) is 16.6. The molecule has 1 aromatic heterocycles. The van der Waals surface area contributed by atoms with Crippen molar-refractivity contribution in [2.24, 2.45) is 0 Å². The van der Waals surface area contributed by atoms with Gasteiger partial charge in [-0.3, -0.25) is 4.79 Å². The molecular weight excluding hydrogens is 302 g/mol. The van der Waals surface area contributed by atoms with Gasteiger partial charge >= 0.3 is 0 Å². The number of hydrogen-bond donors (Lipinski definition) is 3. The molecule has 0 radical (unpaired) electrons. The average Bonchev–Trinajstić information content (AvgIpc) is 3.02. The molecule has 0 aliphatic carbocycles. The molecule has 3 N–H and O–H groups in total. The van der Waals surface area contributed by atoms with Crippen molar-refractivity contribution in [1.82, 2.24) is 4.98 Å². The Morgan fingerprint density at radius 3 is 2.27 bits per heavy atom. The largest absolute Gasteiger partial charge is 0.504 e. The van der Waals surface area contributed by atoms with Crippen LogP contribution in [-0.4, -0.2) is 26.1 Å². The second-order valence-electron chi connectivity index (χ2n) is 4.60. The molecule has 2 aromatic carbocycles. The third kappa shape index (κ3) is 2.51. The van der Waals surface area contributed by atoms with Gasteiger partial charge in [-0.25, -0.2) is 4.98 Å². The van der Waals surface area contributed by atoms with E-state index in [-0.39, 0.29) is 11.3 Å². The molecule has 0 aliphatic heterocycles. The Kier molecular flexibility index (Phi) is 3.52. The molecule has 0 amide bonds. The molecule has 0 unspecified atom stereocenters. The normalized spacial score (nSPS) is 10.5. The smallest absolute Gasteiger partial charge is 0.212 e. The first-order chi connectivity index (χ1) is 10.6. The summed E-state index contributed by atoms with van der Waals surface area (Å²) in [5, 5.41) is 30.6. The zero-order valence-electron chi connectivity index (χ0n) is 11.2. The Morgan fingerprint density at radius 2 is 1.64 bits per heavy atom. The van der Waals surface area contributed by atoms with E-state index in [2.05, 4.69) is 4.98 Å². The predicted octanol–water partition coefficient (Wildman–Crippen LogP) is 3.16. The van der Waals surface area contributed by atoms with Gasteiger partial charge in [0.2, 0.25) is 5.78 Å². The third-order valence-electron chi connectivity index (χ3n) is 3.09. The van der Waals surface area contributed by atoms with Gasteiger partial charge in [-0.05, 0) is 12.1 Å². The molecular formula is C16H11NO4S. The molecule has 0 fully saturated rings. The maximum absolute atomic E-state index is 12.3. The maximum atomic E-state index is 12.3. The number of carbonyl (C=O) groups excluding carboxylic acids is 1. The molecule has 1 heterocycles. The van der Waals surface area contributed by atoms with Crippen LogP contribution in [-0.2, 0) is 0 Å². The highest BCUT2D eigenvalue weighted by Gasteiger charge is 2.18. The minimum Gasteiger partial charge on any atom is -0.504 e. The number of nitrogens with zero attached hydrogens (tertiary/aromatic N) is 1. The number of thiazole rings is 1. The first-order valence-electron chi connectivity index (χ1n) is 6.37. The van der Waals surface area contributed by atoms with Crippen molar-refractivity contribution >= 4 is 17.1 Å². The van der Waals surface area contributed by atoms with Gasteiger partial charge in [0.1, 0.15) is 10.7 Å². The van der Waals surface area contributed by atoms with E-state index in [0.29, 0.717) is 5.01 Å². The van der Waals surface area contributed by atoms with Crippen LogP contribution in [0.1, 0.15) is 16.1 Å². The Hall–Kier alpha value is -2.86. The van der Waals surface area contributed by atoms with E-state index >= 15 is 0 Å². The molecule has 6 heteroatoms. The number of phenolic OH excluding ortho intramolecular Hbond substituents is 3. The molecule has 22 heavy (non-hydrogen) atoms. The summed E-state index contributed by atoms with van der Waals surface area (Å²) >= 11 is 1.33. The van der Waals surface area contributed by atoms with E-state index in [1.165, 1.54) is 11.3 Å². The summed E-state index contributed by atoms with van der Waals surface area (Å²) in [6.45, 7) is 0. The van der Waals surface area contributed by atoms with E-state index in [0.717, 1.165) is 17.7 Å². The fraction of sp³-hybridized carbons (Fsp3) is 0. The van der Waals surface area contributed by atoms with Crippen LogP contribution < -0.4 is 0 Å². The molecule has 0 bridgehead atoms. The lowest BCUT2D eigenvalue weighted by atomic mass is 10.1. The lowest BCUT2D eigenvalue weighted by Gasteiger charge is -2.03. The molecule has 0 spiro atoms. The van der Waals surface area contributed by atoms with Crippen LogP contribution in [0.5, 0.6) is 17.2 Å². The number of benzene rings is 2. The number of aromatic nitrogens is 1. The van der Waals surface area contributed by atoms with Gasteiger partial charge in [-0.2, -0.15) is 0 Å². The minimum atomic E-state index is -0.653. The zero-order valence-corrected chi connectivity index (χ0v) is 12.0. The van der Waals surface area contributed by atoms with Crippen LogP contribution in [0.25, 0.3) is 10.6 Å². The highest BCUT2D eigenvalue weighted by molar-refractivity contribution is 7.13. The van der Waals surface area contributed by atoms with Crippen molar-refractivity contribution in [1.29, 1.82) is 0 Å². The summed E-state index contributed by atoms with van der Waals surface area (Å²) in [6.07, 6.45) is 0. The van der Waals surface area contributed by atoms with Crippen LogP contribution in [0.3, 0.4) is 0 Å². The molecule has 3 aromatic rings. The average molecular weight is 313 g/mol. The van der Waals surface area contributed by atoms with Gasteiger partial charge < -0.3 is 15.3 Å². The van der Waals surface area contributed by atoms with E-state index in [4.69, 9.17) is 0 Å². The van der Waals surface area contributed by atoms with E-state index in [1.54, 1.807) is 5.38 Å². The summed E-state index contributed by atoms with van der Waals surface area (Å²) in [7, 11) is 0. The van der Waals surface area contributed by atoms with Gasteiger partial charge in [-0.15, -0.1) is 11.3 Å². The molecule has 0 saturated heterocycles. The Balaban J connectivity index is 1.95. The molecule has 0 atom stereocenters. The Bertz CT molecular complexity index is 819. The van der Waals surface area contributed by atoms with E-state index < -0.39 is 23.0 Å². The standard InChI is InChI=1S/C16H11NO4S/c18-12-6-10(7-13(19)15(12)21)14(20)11-8-22-16(17-11)9-4-2-1-3-5-9/h1-8,18-19,21H. The van der Waals surface area contributed by atoms with Gasteiger partial charge in [0.25, 0.3) is 0 Å². The molecule has 0 saturated carbocycles. The van der Waals surface area contributed by atoms with Crippen molar-refractivity contribution in [3.05, 3.63) is 59.1 Å². The van der Waals surface area contributed by atoms with E-state index in [1.807, 2.05) is 30.3 Å². The van der Waals surface area contributed by atoms with Crippen LogP contribution in [0.2, 0.25) is 0 Å². The van der Waals surface area contributed by atoms with Crippen LogP contribution >= 0.6 is 11.3 Å². The van der Waals surface area contributed by atoms with Crippen molar-refractivity contribution in [2.45, 2.75) is 0 Å². The number of aromatic hydroxyl groups is 3. The second-order valence-corrected chi connectivity index (χ2v) is 5.45. The highest BCUT2D eigenvalue weighted by atomic mass is 32.1. The Morgan fingerprint density at radius 1 is 1.00 bits per heavy atom. The van der Waals surface area contributed by atoms with Crippen LogP contribution in [0.4, 0.5) is 0 Å². The Labute approximate surface area is 129 Å². The SMILES string of the molecule is O=C(c1cc(O)c(O)c(O)c1)c1csc(-c2ccccc2)n1. The van der Waals surface area contributed by atoms with Crippen LogP contribution in [0.15, 0.2) is 47.8 Å². The van der Waals surface area contributed by atoms with Gasteiger partial charge in [-0.1, -0.05) is 30.3 Å². The second kappa shape index (κ2) is 5.50. The van der Waals surface area contributed by atoms with Crippen molar-refractivity contribution < 1.29 is 20.1 Å². The number of hydrogen-bond acceptors (Lipinski definition) is 6. The molecule has 110 valence electrons. The monoisotopic (exact) mass is 313 g/mol. The topological polar surface area (TPSA) is 90.7 Å². The number of ketones is 1. The summed E-state index contributed by atoms with van der Waals surface area (Å²) < 4.78 is 0. The first-order valence-corrected chi connectivity index (χ1v) is 7.25. The van der Waals surface area contributed by atoms with E-state index in [9.17, 15) is 20.1 Å². The fourth-order valence-electron chi connectivity index (χ4n) is 1.97. The van der Waals surface area contributed by atoms with Crippen molar-refractivity contribution in [3.8, 4) is 27.8 Å². The van der Waals surface area contributed by atoms with Gasteiger partial charge in [0.15, 0.2) is 17.2 Å². The first kappa shape index (κ1) is 14.1. The van der Waals surface area contributed by atoms with Gasteiger partial charge in [0, 0.05) is 16.5 Å². The third-order valence-corrected chi connectivity index (χ3v) is 3.98. The zero-order chi connectivity index (χ0) is 15.7. The molecule has 3 rings (SSSR count). The predicted molar refractivity (Wildman–Crippen MR) is 82.4 cm³/mol. The highest BCUT2D eigenvalue weighted by Crippen LogP contribution is 2.36. The van der Waals surface area contributed by atoms with Gasteiger partial charge in [0.05, 0.1) is 0 Å². The summed E-state index contributed by atoms with van der Waals surface area (Å²) in [6, 6.07) is 11.6. The quantitative estimate of drug-likeness (QED) is 0.510. The van der Waals surface area contributed by atoms with Crippen molar-refractivity contribution in [3.63, 3.8) is 0 Å². The summed E-state index contributed by atoms with van der Waals surface area (Å²) in [5.41, 5.74) is 1.18. The van der Waals surface area contributed by atoms with Crippen molar-refractivity contribution in [2.75, 3.05) is 0 Å². The number of rotatable bonds is 3. The number of carbonyl (C=O) groups is 1. The molecule has 5 nitrogen and oxygen atoms in total. The lowest BCUT2D eigenvalue weighted by Crippen LogP contribution is -2.01. The summed E-state index contributed by atoms with van der Waals surface area (Å²) in [5.74, 6) is -2.20. The maximum Gasteiger partial charge on any atom is 0.212 e. The number of phenols is 3. The fourth-order valence-corrected chi connectivity index (χ4v) is 2.78. The lowest BCUT2D eigenvalue weighted by molar-refractivity contribution is 0.103. The molecule has 0 aliphatic rings. The van der Waals surface area contributed by atoms with Crippen LogP contribution in [0, 0.1) is 0 Å². The minimum absolute atomic E-state index is 0.0534.